The molecule has 0 amide bonds. The average molecular weight is 268 g/mol. The van der Waals surface area contributed by atoms with Crippen LogP contribution in [0.25, 0.3) is 0 Å². The van der Waals surface area contributed by atoms with Gasteiger partial charge in [-0.05, 0) is 50.1 Å². The van der Waals surface area contributed by atoms with Crippen molar-refractivity contribution in [3.05, 3.63) is 64.5 Å². The lowest BCUT2D eigenvalue weighted by Gasteiger charge is -2.19. The van der Waals surface area contributed by atoms with Gasteiger partial charge in [-0.3, -0.25) is 4.98 Å². The standard InChI is InChI=1S/C18H24N2/c1-5-6-15-8-10-16(11-9-15)18(19-4)17-12-7-13(2)20-14(17)3/h7-12,18-19H,5-6H2,1-4H3. The van der Waals surface area contributed by atoms with Gasteiger partial charge in [0.25, 0.3) is 0 Å². The van der Waals surface area contributed by atoms with Gasteiger partial charge >= 0.3 is 0 Å². The van der Waals surface area contributed by atoms with E-state index in [1.54, 1.807) is 0 Å². The maximum Gasteiger partial charge on any atom is 0.0592 e. The van der Waals surface area contributed by atoms with Crippen LogP contribution in [0, 0.1) is 13.8 Å². The zero-order valence-corrected chi connectivity index (χ0v) is 12.9. The number of rotatable bonds is 5. The maximum absolute atomic E-state index is 4.57. The van der Waals surface area contributed by atoms with Crippen molar-refractivity contribution in [2.45, 2.75) is 39.7 Å². The maximum atomic E-state index is 4.57. The highest BCUT2D eigenvalue weighted by Gasteiger charge is 2.14. The minimum absolute atomic E-state index is 0.207. The van der Waals surface area contributed by atoms with Crippen molar-refractivity contribution in [1.82, 2.24) is 10.3 Å². The fraction of sp³-hybridized carbons (Fsp3) is 0.389. The second kappa shape index (κ2) is 6.67. The lowest BCUT2D eigenvalue weighted by molar-refractivity contribution is 0.681. The number of hydrogen-bond acceptors (Lipinski definition) is 2. The van der Waals surface area contributed by atoms with Crippen molar-refractivity contribution in [2.24, 2.45) is 0 Å². The minimum Gasteiger partial charge on any atom is -0.309 e. The largest absolute Gasteiger partial charge is 0.309 e. The molecule has 0 aliphatic heterocycles. The normalized spacial score (nSPS) is 12.4. The van der Waals surface area contributed by atoms with Gasteiger partial charge in [0.1, 0.15) is 0 Å². The second-order valence-corrected chi connectivity index (χ2v) is 5.34. The summed E-state index contributed by atoms with van der Waals surface area (Å²) in [7, 11) is 2.00. The molecule has 0 radical (unpaired) electrons. The summed E-state index contributed by atoms with van der Waals surface area (Å²) >= 11 is 0. The third kappa shape index (κ3) is 3.26. The Hall–Kier alpha value is -1.67. The molecule has 0 spiro atoms. The molecular formula is C18H24N2. The third-order valence-corrected chi connectivity index (χ3v) is 3.72. The summed E-state index contributed by atoms with van der Waals surface area (Å²) in [6.45, 7) is 6.33. The molecule has 1 N–H and O–H groups in total. The van der Waals surface area contributed by atoms with E-state index in [0.29, 0.717) is 0 Å². The third-order valence-electron chi connectivity index (χ3n) is 3.72. The van der Waals surface area contributed by atoms with E-state index in [0.717, 1.165) is 17.8 Å². The first-order valence-corrected chi connectivity index (χ1v) is 7.36. The quantitative estimate of drug-likeness (QED) is 0.888. The van der Waals surface area contributed by atoms with Gasteiger partial charge in [-0.2, -0.15) is 0 Å². The topological polar surface area (TPSA) is 24.9 Å². The molecule has 1 aromatic carbocycles. The Morgan fingerprint density at radius 1 is 1.05 bits per heavy atom. The lowest BCUT2D eigenvalue weighted by atomic mass is 9.96. The van der Waals surface area contributed by atoms with Gasteiger partial charge in [-0.1, -0.05) is 43.7 Å². The monoisotopic (exact) mass is 268 g/mol. The first-order valence-electron chi connectivity index (χ1n) is 7.36. The molecule has 1 heterocycles. The number of aryl methyl sites for hydroxylation is 3. The first-order chi connectivity index (χ1) is 9.65. The Morgan fingerprint density at radius 2 is 1.75 bits per heavy atom. The van der Waals surface area contributed by atoms with E-state index in [4.69, 9.17) is 0 Å². The SMILES string of the molecule is CCCc1ccc(C(NC)c2ccc(C)nc2C)cc1. The zero-order chi connectivity index (χ0) is 14.5. The van der Waals surface area contributed by atoms with Crippen LogP contribution in [-0.2, 0) is 6.42 Å². The van der Waals surface area contributed by atoms with Crippen molar-refractivity contribution in [1.29, 1.82) is 0 Å². The second-order valence-electron chi connectivity index (χ2n) is 5.34. The molecule has 2 aromatic rings. The molecule has 1 unspecified atom stereocenters. The fourth-order valence-corrected chi connectivity index (χ4v) is 2.67. The van der Waals surface area contributed by atoms with E-state index < -0.39 is 0 Å². The van der Waals surface area contributed by atoms with Crippen LogP contribution in [0.4, 0.5) is 0 Å². The summed E-state index contributed by atoms with van der Waals surface area (Å²) in [4.78, 5) is 4.57. The lowest BCUT2D eigenvalue weighted by Crippen LogP contribution is -2.19. The van der Waals surface area contributed by atoms with Crippen LogP contribution in [0.3, 0.4) is 0 Å². The summed E-state index contributed by atoms with van der Waals surface area (Å²) in [6, 6.07) is 13.4. The predicted octanol–water partition coefficient (Wildman–Crippen LogP) is 3.96. The Bertz CT molecular complexity index is 558. The summed E-state index contributed by atoms with van der Waals surface area (Å²) in [5.74, 6) is 0. The van der Waals surface area contributed by atoms with Gasteiger partial charge in [0.15, 0.2) is 0 Å². The highest BCUT2D eigenvalue weighted by atomic mass is 14.9. The Morgan fingerprint density at radius 3 is 2.30 bits per heavy atom. The van der Waals surface area contributed by atoms with E-state index in [9.17, 15) is 0 Å². The van der Waals surface area contributed by atoms with Crippen molar-refractivity contribution in [3.63, 3.8) is 0 Å². The molecule has 0 saturated carbocycles. The van der Waals surface area contributed by atoms with E-state index in [1.807, 2.05) is 14.0 Å². The van der Waals surface area contributed by atoms with E-state index in [1.165, 1.54) is 23.1 Å². The Labute approximate surface area is 122 Å². The average Bonchev–Trinajstić information content (AvgIpc) is 2.44. The van der Waals surface area contributed by atoms with Gasteiger partial charge in [0, 0.05) is 11.4 Å². The molecule has 2 nitrogen and oxygen atoms in total. The van der Waals surface area contributed by atoms with Gasteiger partial charge in [0.2, 0.25) is 0 Å². The summed E-state index contributed by atoms with van der Waals surface area (Å²) in [6.07, 6.45) is 2.34. The number of nitrogens with zero attached hydrogens (tertiary/aromatic N) is 1. The number of aromatic nitrogens is 1. The number of pyridine rings is 1. The molecule has 0 bridgehead atoms. The van der Waals surface area contributed by atoms with Crippen molar-refractivity contribution in [2.75, 3.05) is 7.05 Å². The number of benzene rings is 1. The van der Waals surface area contributed by atoms with Crippen LogP contribution in [-0.4, -0.2) is 12.0 Å². The minimum atomic E-state index is 0.207. The van der Waals surface area contributed by atoms with Crippen molar-refractivity contribution >= 4 is 0 Å². The van der Waals surface area contributed by atoms with E-state index >= 15 is 0 Å². The van der Waals surface area contributed by atoms with Crippen LogP contribution in [0.5, 0.6) is 0 Å². The van der Waals surface area contributed by atoms with Crippen molar-refractivity contribution < 1.29 is 0 Å². The number of nitrogens with one attached hydrogen (secondary N) is 1. The molecule has 0 aliphatic carbocycles. The predicted molar refractivity (Wildman–Crippen MR) is 85.1 cm³/mol. The van der Waals surface area contributed by atoms with Gasteiger partial charge in [-0.25, -0.2) is 0 Å². The van der Waals surface area contributed by atoms with E-state index in [-0.39, 0.29) is 6.04 Å². The highest BCUT2D eigenvalue weighted by molar-refractivity contribution is 5.36. The molecule has 106 valence electrons. The zero-order valence-electron chi connectivity index (χ0n) is 12.9. The van der Waals surface area contributed by atoms with Crippen LogP contribution < -0.4 is 5.32 Å². The molecule has 0 saturated heterocycles. The smallest absolute Gasteiger partial charge is 0.0592 e. The molecule has 1 aromatic heterocycles. The summed E-state index contributed by atoms with van der Waals surface area (Å²) in [5, 5.41) is 3.41. The summed E-state index contributed by atoms with van der Waals surface area (Å²) < 4.78 is 0. The van der Waals surface area contributed by atoms with Crippen molar-refractivity contribution in [3.8, 4) is 0 Å². The molecule has 2 heteroatoms. The van der Waals surface area contributed by atoms with E-state index in [2.05, 4.69) is 60.5 Å². The molecule has 1 atom stereocenters. The first kappa shape index (κ1) is 14.7. The van der Waals surface area contributed by atoms with Gasteiger partial charge in [0.05, 0.1) is 6.04 Å². The molecule has 2 rings (SSSR count). The van der Waals surface area contributed by atoms with Gasteiger partial charge < -0.3 is 5.32 Å². The van der Waals surface area contributed by atoms with Crippen LogP contribution >= 0.6 is 0 Å². The molecule has 0 fully saturated rings. The Kier molecular flexibility index (Phi) is 4.91. The van der Waals surface area contributed by atoms with Crippen LogP contribution in [0.15, 0.2) is 36.4 Å². The highest BCUT2D eigenvalue weighted by Crippen LogP contribution is 2.24. The Balaban J connectivity index is 2.31. The van der Waals surface area contributed by atoms with Crippen LogP contribution in [0.1, 0.15) is 47.5 Å². The molecule has 0 aliphatic rings. The molecule has 20 heavy (non-hydrogen) atoms. The number of hydrogen-bond donors (Lipinski definition) is 1. The van der Waals surface area contributed by atoms with Crippen LogP contribution in [0.2, 0.25) is 0 Å². The fourth-order valence-electron chi connectivity index (χ4n) is 2.67. The molecular weight excluding hydrogens is 244 g/mol. The van der Waals surface area contributed by atoms with Gasteiger partial charge in [-0.15, -0.1) is 0 Å². The summed E-state index contributed by atoms with van der Waals surface area (Å²) in [5.41, 5.74) is 6.12.